The van der Waals surface area contributed by atoms with E-state index in [-0.39, 0.29) is 12.1 Å². The summed E-state index contributed by atoms with van der Waals surface area (Å²) in [7, 11) is 3.17. The molecule has 0 spiro atoms. The SMILES string of the molecule is CCOC(=O)/C=C/C[C@H]1c2cc(OC)c(OC)cc2CCN1C(=O)OC(C)(C)C. The molecule has 1 aromatic carbocycles. The predicted octanol–water partition coefficient (Wildman–Crippen LogP) is 4.05. The number of hydrogen-bond acceptors (Lipinski definition) is 6. The second kappa shape index (κ2) is 9.67. The molecule has 0 saturated carbocycles. The average Bonchev–Trinajstić information content (AvgIpc) is 2.65. The van der Waals surface area contributed by atoms with Gasteiger partial charge in [0.15, 0.2) is 11.5 Å². The Bertz CT molecular complexity index is 765. The van der Waals surface area contributed by atoms with Gasteiger partial charge >= 0.3 is 12.1 Å². The number of esters is 1. The van der Waals surface area contributed by atoms with E-state index in [1.165, 1.54) is 6.08 Å². The molecule has 1 aliphatic rings. The van der Waals surface area contributed by atoms with E-state index < -0.39 is 11.6 Å². The Kier molecular flexibility index (Phi) is 7.53. The van der Waals surface area contributed by atoms with Crippen molar-refractivity contribution in [3.63, 3.8) is 0 Å². The van der Waals surface area contributed by atoms with E-state index in [0.29, 0.717) is 37.5 Å². The highest BCUT2D eigenvalue weighted by Gasteiger charge is 2.34. The number of hydrogen-bond donors (Lipinski definition) is 0. The Balaban J connectivity index is 2.38. The number of fused-ring (bicyclic) bond motifs is 1. The fraction of sp³-hybridized carbons (Fsp3) is 0.545. The van der Waals surface area contributed by atoms with Crippen molar-refractivity contribution in [1.29, 1.82) is 0 Å². The zero-order chi connectivity index (χ0) is 21.6. The molecule has 2 rings (SSSR count). The first-order valence-corrected chi connectivity index (χ1v) is 9.77. The molecule has 0 radical (unpaired) electrons. The van der Waals surface area contributed by atoms with E-state index in [0.717, 1.165) is 11.1 Å². The molecule has 0 bridgehead atoms. The van der Waals surface area contributed by atoms with Gasteiger partial charge < -0.3 is 23.8 Å². The van der Waals surface area contributed by atoms with E-state index in [1.807, 2.05) is 32.9 Å². The molecule has 1 aliphatic heterocycles. The van der Waals surface area contributed by atoms with Crippen LogP contribution in [0.5, 0.6) is 11.5 Å². The van der Waals surface area contributed by atoms with Crippen molar-refractivity contribution in [1.82, 2.24) is 4.90 Å². The van der Waals surface area contributed by atoms with Gasteiger partial charge in [-0.2, -0.15) is 0 Å². The quantitative estimate of drug-likeness (QED) is 0.525. The van der Waals surface area contributed by atoms with Gasteiger partial charge in [-0.05, 0) is 63.8 Å². The van der Waals surface area contributed by atoms with Crippen LogP contribution in [-0.4, -0.2) is 49.9 Å². The molecule has 7 nitrogen and oxygen atoms in total. The number of methoxy groups -OCH3 is 2. The first-order valence-electron chi connectivity index (χ1n) is 9.77. The fourth-order valence-corrected chi connectivity index (χ4v) is 3.30. The van der Waals surface area contributed by atoms with Crippen molar-refractivity contribution in [2.45, 2.75) is 52.2 Å². The highest BCUT2D eigenvalue weighted by atomic mass is 16.6. The molecular formula is C22H31NO6. The molecule has 0 aliphatic carbocycles. The Morgan fingerprint density at radius 2 is 1.83 bits per heavy atom. The lowest BCUT2D eigenvalue weighted by atomic mass is 9.90. The van der Waals surface area contributed by atoms with Gasteiger partial charge in [-0.3, -0.25) is 0 Å². The first kappa shape index (κ1) is 22.6. The molecule has 1 atom stereocenters. The van der Waals surface area contributed by atoms with Gasteiger partial charge in [0.2, 0.25) is 0 Å². The van der Waals surface area contributed by atoms with E-state index in [1.54, 1.807) is 32.1 Å². The van der Waals surface area contributed by atoms with Gasteiger partial charge in [-0.15, -0.1) is 0 Å². The van der Waals surface area contributed by atoms with Crippen LogP contribution < -0.4 is 9.47 Å². The highest BCUT2D eigenvalue weighted by molar-refractivity contribution is 5.81. The van der Waals surface area contributed by atoms with Crippen LogP contribution >= 0.6 is 0 Å². The monoisotopic (exact) mass is 405 g/mol. The van der Waals surface area contributed by atoms with Crippen molar-refractivity contribution in [2.75, 3.05) is 27.4 Å². The molecule has 0 aromatic heterocycles. The average molecular weight is 405 g/mol. The Morgan fingerprint density at radius 3 is 2.41 bits per heavy atom. The van der Waals surface area contributed by atoms with Crippen molar-refractivity contribution < 1.29 is 28.5 Å². The number of carbonyl (C=O) groups excluding carboxylic acids is 2. The summed E-state index contributed by atoms with van der Waals surface area (Å²) in [4.78, 5) is 26.2. The largest absolute Gasteiger partial charge is 0.493 e. The van der Waals surface area contributed by atoms with Crippen LogP contribution in [0.4, 0.5) is 4.79 Å². The highest BCUT2D eigenvalue weighted by Crippen LogP contribution is 2.40. The molecule has 1 amide bonds. The third kappa shape index (κ3) is 5.89. The summed E-state index contributed by atoms with van der Waals surface area (Å²) in [5.41, 5.74) is 1.44. The molecule has 1 aromatic rings. The number of benzene rings is 1. The van der Waals surface area contributed by atoms with Gasteiger partial charge in [0, 0.05) is 12.6 Å². The van der Waals surface area contributed by atoms with Crippen molar-refractivity contribution >= 4 is 12.1 Å². The number of carbonyl (C=O) groups is 2. The second-order valence-electron chi connectivity index (χ2n) is 7.74. The van der Waals surface area contributed by atoms with Crippen molar-refractivity contribution in [3.05, 3.63) is 35.4 Å². The molecule has 29 heavy (non-hydrogen) atoms. The van der Waals surface area contributed by atoms with E-state index >= 15 is 0 Å². The summed E-state index contributed by atoms with van der Waals surface area (Å²) in [5.74, 6) is 0.842. The summed E-state index contributed by atoms with van der Waals surface area (Å²) >= 11 is 0. The molecule has 0 N–H and O–H groups in total. The maximum Gasteiger partial charge on any atom is 0.410 e. The molecule has 7 heteroatoms. The van der Waals surface area contributed by atoms with Crippen LogP contribution in [0, 0.1) is 0 Å². The third-order valence-corrected chi connectivity index (χ3v) is 4.53. The van der Waals surface area contributed by atoms with Gasteiger partial charge in [0.05, 0.1) is 26.9 Å². The summed E-state index contributed by atoms with van der Waals surface area (Å²) < 4.78 is 21.4. The molecular weight excluding hydrogens is 374 g/mol. The minimum absolute atomic E-state index is 0.293. The fourth-order valence-electron chi connectivity index (χ4n) is 3.30. The molecule has 0 fully saturated rings. The minimum Gasteiger partial charge on any atom is -0.493 e. The van der Waals surface area contributed by atoms with Gasteiger partial charge in [-0.1, -0.05) is 6.08 Å². The maximum absolute atomic E-state index is 12.8. The predicted molar refractivity (Wildman–Crippen MR) is 109 cm³/mol. The lowest BCUT2D eigenvalue weighted by molar-refractivity contribution is -0.137. The summed E-state index contributed by atoms with van der Waals surface area (Å²) in [6.45, 7) is 8.10. The van der Waals surface area contributed by atoms with E-state index in [2.05, 4.69) is 0 Å². The Hall–Kier alpha value is -2.70. The minimum atomic E-state index is -0.597. The topological polar surface area (TPSA) is 74.3 Å². The first-order chi connectivity index (χ1) is 13.7. The van der Waals surface area contributed by atoms with Crippen LogP contribution in [0.25, 0.3) is 0 Å². The molecule has 1 heterocycles. The molecule has 0 unspecified atom stereocenters. The Labute approximate surface area is 172 Å². The van der Waals surface area contributed by atoms with E-state index in [4.69, 9.17) is 18.9 Å². The number of rotatable bonds is 6. The third-order valence-electron chi connectivity index (χ3n) is 4.53. The van der Waals surface area contributed by atoms with Crippen LogP contribution in [0.3, 0.4) is 0 Å². The van der Waals surface area contributed by atoms with Gasteiger partial charge in [-0.25, -0.2) is 9.59 Å². The van der Waals surface area contributed by atoms with Gasteiger partial charge in [0.1, 0.15) is 5.60 Å². The second-order valence-corrected chi connectivity index (χ2v) is 7.74. The number of ether oxygens (including phenoxy) is 4. The zero-order valence-electron chi connectivity index (χ0n) is 18.1. The van der Waals surface area contributed by atoms with Crippen LogP contribution in [0.1, 0.15) is 51.3 Å². The van der Waals surface area contributed by atoms with Crippen LogP contribution in [0.15, 0.2) is 24.3 Å². The normalized spacial score (nSPS) is 16.3. The summed E-state index contributed by atoms with van der Waals surface area (Å²) in [5, 5.41) is 0. The summed E-state index contributed by atoms with van der Waals surface area (Å²) in [6, 6.07) is 3.55. The van der Waals surface area contributed by atoms with Crippen molar-refractivity contribution in [3.8, 4) is 11.5 Å². The van der Waals surface area contributed by atoms with Crippen LogP contribution in [-0.2, 0) is 20.7 Å². The lowest BCUT2D eigenvalue weighted by Gasteiger charge is -2.38. The molecule has 160 valence electrons. The molecule has 0 saturated heterocycles. The summed E-state index contributed by atoms with van der Waals surface area (Å²) in [6.07, 6.45) is 3.86. The maximum atomic E-state index is 12.8. The standard InChI is InChI=1S/C22H31NO6/c1-7-28-20(24)10-8-9-17-16-14-19(27-6)18(26-5)13-15(16)11-12-23(17)21(25)29-22(2,3)4/h8,10,13-14,17H,7,9,11-12H2,1-6H3/b10-8+/t17-/m0/s1. The van der Waals surface area contributed by atoms with Crippen LogP contribution in [0.2, 0.25) is 0 Å². The lowest BCUT2D eigenvalue weighted by Crippen LogP contribution is -2.43. The van der Waals surface area contributed by atoms with Gasteiger partial charge in [0.25, 0.3) is 0 Å². The zero-order valence-corrected chi connectivity index (χ0v) is 18.1. The number of nitrogens with zero attached hydrogens (tertiary/aromatic N) is 1. The number of amides is 1. The Morgan fingerprint density at radius 1 is 1.17 bits per heavy atom. The van der Waals surface area contributed by atoms with E-state index in [9.17, 15) is 9.59 Å². The smallest absolute Gasteiger partial charge is 0.410 e. The van der Waals surface area contributed by atoms with Crippen molar-refractivity contribution in [2.24, 2.45) is 0 Å².